The zero-order valence-electron chi connectivity index (χ0n) is 66.2. The summed E-state index contributed by atoms with van der Waals surface area (Å²) in [7, 11) is -9.92. The molecule has 17 nitrogen and oxygen atoms in total. The minimum Gasteiger partial charge on any atom is -0.462 e. The third kappa shape index (κ3) is 76.1. The smallest absolute Gasteiger partial charge is 0.462 e. The van der Waals surface area contributed by atoms with Crippen molar-refractivity contribution in [2.24, 2.45) is 11.8 Å². The monoisotopic (exact) mass is 1480 g/mol. The summed E-state index contributed by atoms with van der Waals surface area (Å²) < 4.78 is 68.7. The van der Waals surface area contributed by atoms with Crippen LogP contribution in [0.15, 0.2) is 0 Å². The van der Waals surface area contributed by atoms with Crippen LogP contribution in [0.25, 0.3) is 0 Å². The number of aliphatic hydroxyl groups excluding tert-OH is 1. The van der Waals surface area contributed by atoms with Crippen molar-refractivity contribution in [1.82, 2.24) is 0 Å². The van der Waals surface area contributed by atoms with Crippen molar-refractivity contribution in [1.29, 1.82) is 0 Å². The minimum absolute atomic E-state index is 0.106. The normalized spacial score (nSPS) is 13.9. The summed E-state index contributed by atoms with van der Waals surface area (Å²) in [4.78, 5) is 73.0. The molecule has 0 aromatic heterocycles. The number of ether oxygens (including phenoxy) is 4. The lowest BCUT2D eigenvalue weighted by atomic mass is 10.0. The van der Waals surface area contributed by atoms with E-state index in [0.29, 0.717) is 31.6 Å². The molecule has 0 saturated carbocycles. The zero-order chi connectivity index (χ0) is 74.2. The quantitative estimate of drug-likeness (QED) is 0.0222. The number of phosphoric ester groups is 2. The topological polar surface area (TPSA) is 237 Å². The fourth-order valence-electron chi connectivity index (χ4n) is 12.7. The number of hydrogen-bond acceptors (Lipinski definition) is 15. The van der Waals surface area contributed by atoms with E-state index in [1.807, 2.05) is 0 Å². The third-order valence-electron chi connectivity index (χ3n) is 19.2. The van der Waals surface area contributed by atoms with Crippen LogP contribution in [-0.4, -0.2) is 96.7 Å². The lowest BCUT2D eigenvalue weighted by molar-refractivity contribution is -0.161. The van der Waals surface area contributed by atoms with Gasteiger partial charge in [-0.2, -0.15) is 0 Å². The average molecular weight is 1480 g/mol. The molecule has 0 fully saturated rings. The summed E-state index contributed by atoms with van der Waals surface area (Å²) in [5.74, 6) is -0.666. The maximum atomic E-state index is 13.1. The second kappa shape index (κ2) is 73.6. The molecule has 0 aromatic rings. The Morgan fingerprint density at radius 3 is 0.673 bits per heavy atom. The molecule has 0 bridgehead atoms. The van der Waals surface area contributed by atoms with Crippen LogP contribution in [0.2, 0.25) is 0 Å². The molecular formula is C82H160O17P2. The van der Waals surface area contributed by atoms with E-state index < -0.39 is 97.5 Å². The van der Waals surface area contributed by atoms with Crippen LogP contribution >= 0.6 is 15.6 Å². The molecule has 101 heavy (non-hydrogen) atoms. The summed E-state index contributed by atoms with van der Waals surface area (Å²) in [6.45, 7) is 9.55. The van der Waals surface area contributed by atoms with Crippen molar-refractivity contribution < 1.29 is 80.2 Å². The molecule has 5 atom stereocenters. The van der Waals surface area contributed by atoms with Gasteiger partial charge in [0, 0.05) is 25.7 Å². The van der Waals surface area contributed by atoms with Gasteiger partial charge in [-0.1, -0.05) is 382 Å². The van der Waals surface area contributed by atoms with Crippen molar-refractivity contribution in [2.45, 2.75) is 452 Å². The fourth-order valence-corrected chi connectivity index (χ4v) is 14.3. The first-order valence-corrected chi connectivity index (χ1v) is 45.5. The van der Waals surface area contributed by atoms with Crippen LogP contribution in [0.5, 0.6) is 0 Å². The number of carbonyl (C=O) groups excluding carboxylic acids is 4. The summed E-state index contributed by atoms with van der Waals surface area (Å²) in [6.07, 6.45) is 64.1. The molecule has 0 aliphatic heterocycles. The van der Waals surface area contributed by atoms with Gasteiger partial charge in [0.05, 0.1) is 26.4 Å². The van der Waals surface area contributed by atoms with Gasteiger partial charge in [-0.05, 0) is 37.5 Å². The molecule has 19 heteroatoms. The van der Waals surface area contributed by atoms with E-state index in [2.05, 4.69) is 41.5 Å². The Morgan fingerprint density at radius 1 is 0.267 bits per heavy atom. The Balaban J connectivity index is 5.21. The molecule has 2 unspecified atom stereocenters. The van der Waals surface area contributed by atoms with Gasteiger partial charge in [0.1, 0.15) is 19.3 Å². The SMILES string of the molecule is CCCCCCCCCCCCCCCCCCCCCCCC(=O)O[C@H](COC(=O)CCCCCCCCCCCCCCCCCCC)COP(=O)(O)OC[C@@H](O)COP(=O)(O)OC[C@@H](COC(=O)CCCCCCCCC(C)C)OC(=O)CCCCCCCCCCCCCC(C)C. The van der Waals surface area contributed by atoms with Crippen molar-refractivity contribution in [3.63, 3.8) is 0 Å². The third-order valence-corrected chi connectivity index (χ3v) is 21.1. The first-order valence-electron chi connectivity index (χ1n) is 42.5. The van der Waals surface area contributed by atoms with Gasteiger partial charge in [-0.25, -0.2) is 9.13 Å². The maximum Gasteiger partial charge on any atom is 0.472 e. The Hall–Kier alpha value is -1.94. The molecule has 0 aliphatic carbocycles. The van der Waals surface area contributed by atoms with Gasteiger partial charge in [-0.15, -0.1) is 0 Å². The van der Waals surface area contributed by atoms with Crippen LogP contribution < -0.4 is 0 Å². The molecule has 0 spiro atoms. The Kier molecular flexibility index (Phi) is 72.2. The molecule has 0 rings (SSSR count). The lowest BCUT2D eigenvalue weighted by Crippen LogP contribution is -2.30. The van der Waals surface area contributed by atoms with E-state index in [0.717, 1.165) is 102 Å². The van der Waals surface area contributed by atoms with Crippen LogP contribution in [0.4, 0.5) is 0 Å². The molecule has 0 heterocycles. The van der Waals surface area contributed by atoms with E-state index in [9.17, 15) is 43.2 Å². The van der Waals surface area contributed by atoms with Crippen LogP contribution in [0.3, 0.4) is 0 Å². The molecular weight excluding hydrogens is 1320 g/mol. The second-order valence-corrected chi connectivity index (χ2v) is 33.4. The van der Waals surface area contributed by atoms with E-state index in [1.165, 1.54) is 244 Å². The lowest BCUT2D eigenvalue weighted by Gasteiger charge is -2.21. The van der Waals surface area contributed by atoms with E-state index >= 15 is 0 Å². The number of phosphoric acid groups is 2. The number of rotatable bonds is 81. The summed E-state index contributed by atoms with van der Waals surface area (Å²) in [5, 5.41) is 10.6. The Labute approximate surface area is 619 Å². The largest absolute Gasteiger partial charge is 0.472 e. The number of aliphatic hydroxyl groups is 1. The predicted molar refractivity (Wildman–Crippen MR) is 414 cm³/mol. The average Bonchev–Trinajstić information content (AvgIpc) is 0.930. The minimum atomic E-state index is -4.96. The van der Waals surface area contributed by atoms with E-state index in [-0.39, 0.29) is 25.7 Å². The highest BCUT2D eigenvalue weighted by Crippen LogP contribution is 2.45. The number of carbonyl (C=O) groups is 4. The standard InChI is InChI=1S/C82H160O17P2/c1-7-9-11-13-15-17-19-21-23-25-26-27-28-30-32-34-38-42-46-54-60-66-81(86)98-77(70-92-79(84)64-58-52-45-41-37-33-31-29-24-22-20-18-16-14-12-10-8-2)72-96-100(88,89)94-68-76(83)69-95-101(90,91)97-73-78(71-93-80(85)65-59-53-49-48-51-57-63-75(5)6)99-82(87)67-61-55-47-43-39-35-36-40-44-50-56-62-74(3)4/h74-78,83H,7-73H2,1-6H3,(H,88,89)(H,90,91)/t76-,77-,78-/m1/s1. The highest BCUT2D eigenvalue weighted by molar-refractivity contribution is 7.47. The van der Waals surface area contributed by atoms with Crippen LogP contribution in [0.1, 0.15) is 433 Å². The van der Waals surface area contributed by atoms with Crippen molar-refractivity contribution in [2.75, 3.05) is 39.6 Å². The summed E-state index contributed by atoms with van der Waals surface area (Å²) in [5.41, 5.74) is 0. The molecule has 0 radical (unpaired) electrons. The zero-order valence-corrected chi connectivity index (χ0v) is 68.0. The molecule has 0 amide bonds. The first-order chi connectivity index (χ1) is 48.9. The van der Waals surface area contributed by atoms with Crippen LogP contribution in [0, 0.1) is 11.8 Å². The first kappa shape index (κ1) is 99.1. The van der Waals surface area contributed by atoms with Gasteiger partial charge in [0.15, 0.2) is 12.2 Å². The molecule has 3 N–H and O–H groups in total. The summed E-state index contributed by atoms with van der Waals surface area (Å²) in [6, 6.07) is 0. The van der Waals surface area contributed by atoms with Gasteiger partial charge in [0.25, 0.3) is 0 Å². The highest BCUT2D eigenvalue weighted by atomic mass is 31.2. The molecule has 0 saturated heterocycles. The van der Waals surface area contributed by atoms with Gasteiger partial charge < -0.3 is 33.8 Å². The van der Waals surface area contributed by atoms with E-state index in [4.69, 9.17) is 37.0 Å². The van der Waals surface area contributed by atoms with Crippen LogP contribution in [-0.2, 0) is 65.4 Å². The molecule has 600 valence electrons. The van der Waals surface area contributed by atoms with E-state index in [1.54, 1.807) is 0 Å². The number of unbranched alkanes of at least 4 members (excludes halogenated alkanes) is 51. The van der Waals surface area contributed by atoms with Crippen molar-refractivity contribution in [3.05, 3.63) is 0 Å². The highest BCUT2D eigenvalue weighted by Gasteiger charge is 2.30. The van der Waals surface area contributed by atoms with Crippen molar-refractivity contribution >= 4 is 39.5 Å². The fraction of sp³-hybridized carbons (Fsp3) is 0.951. The number of hydrogen-bond donors (Lipinski definition) is 3. The van der Waals surface area contributed by atoms with Crippen molar-refractivity contribution in [3.8, 4) is 0 Å². The molecule has 0 aromatic carbocycles. The Morgan fingerprint density at radius 2 is 0.455 bits per heavy atom. The second-order valence-electron chi connectivity index (χ2n) is 30.5. The van der Waals surface area contributed by atoms with Gasteiger partial charge >= 0.3 is 39.5 Å². The van der Waals surface area contributed by atoms with Gasteiger partial charge in [-0.3, -0.25) is 37.3 Å². The van der Waals surface area contributed by atoms with Gasteiger partial charge in [0.2, 0.25) is 0 Å². The number of esters is 4. The summed E-state index contributed by atoms with van der Waals surface area (Å²) >= 11 is 0. The molecule has 0 aliphatic rings. The Bertz CT molecular complexity index is 1940. The maximum absolute atomic E-state index is 13.1. The predicted octanol–water partition coefficient (Wildman–Crippen LogP) is 24.7.